The second kappa shape index (κ2) is 21.7. The van der Waals surface area contributed by atoms with Gasteiger partial charge in [0, 0.05) is 0 Å². The number of aliphatic hydroxyl groups is 5. The number of ether oxygens (including phenoxy) is 2. The maximum Gasteiger partial charge on any atom is 0.187 e. The van der Waals surface area contributed by atoms with Gasteiger partial charge in [-0.3, -0.25) is 4.79 Å². The molecule has 1 saturated carbocycles. The lowest BCUT2D eigenvalue weighted by Gasteiger charge is -2.45. The van der Waals surface area contributed by atoms with Gasteiger partial charge in [-0.2, -0.15) is 0 Å². The molecule has 2 fully saturated rings. The molecule has 0 bridgehead atoms. The lowest BCUT2D eigenvalue weighted by Crippen LogP contribution is -2.60. The second-order valence-electron chi connectivity index (χ2n) is 17.8. The molecule has 322 valence electrons. The van der Waals surface area contributed by atoms with Gasteiger partial charge in [-0.05, 0) is 119 Å². The van der Waals surface area contributed by atoms with Crippen molar-refractivity contribution >= 4 is 5.78 Å². The van der Waals surface area contributed by atoms with Crippen molar-refractivity contribution in [1.82, 2.24) is 0 Å². The van der Waals surface area contributed by atoms with Crippen LogP contribution >= 0.6 is 0 Å². The summed E-state index contributed by atoms with van der Waals surface area (Å²) in [6.07, 6.45) is 25.4. The first kappa shape index (κ1) is 47.9. The zero-order valence-electron chi connectivity index (χ0n) is 37.0. The van der Waals surface area contributed by atoms with Gasteiger partial charge in [0.15, 0.2) is 12.1 Å². The van der Waals surface area contributed by atoms with Crippen molar-refractivity contribution in [3.8, 4) is 0 Å². The highest BCUT2D eigenvalue weighted by Gasteiger charge is 2.47. The smallest absolute Gasteiger partial charge is 0.187 e. The van der Waals surface area contributed by atoms with Crippen LogP contribution in [0.5, 0.6) is 0 Å². The zero-order chi connectivity index (χ0) is 43.6. The predicted molar refractivity (Wildman–Crippen MR) is 238 cm³/mol. The third-order valence-electron chi connectivity index (χ3n) is 12.1. The van der Waals surface area contributed by atoms with Crippen molar-refractivity contribution in [2.24, 2.45) is 17.3 Å². The van der Waals surface area contributed by atoms with Gasteiger partial charge in [-0.1, -0.05) is 141 Å². The maximum absolute atomic E-state index is 12.4. The van der Waals surface area contributed by atoms with Gasteiger partial charge in [0.05, 0.1) is 12.7 Å². The van der Waals surface area contributed by atoms with E-state index in [1.165, 1.54) is 11.1 Å². The minimum Gasteiger partial charge on any atom is -0.394 e. The number of allylic oxidation sites excluding steroid dienone is 21. The van der Waals surface area contributed by atoms with Crippen LogP contribution in [0.25, 0.3) is 0 Å². The Labute approximate surface area is 353 Å². The highest BCUT2D eigenvalue weighted by atomic mass is 16.7. The highest BCUT2D eigenvalue weighted by Crippen LogP contribution is 2.48. The van der Waals surface area contributed by atoms with E-state index in [1.807, 2.05) is 44.2 Å². The average Bonchev–Trinajstić information content (AvgIpc) is 3.15. The van der Waals surface area contributed by atoms with Crippen molar-refractivity contribution in [3.63, 3.8) is 0 Å². The predicted octanol–water partition coefficient (Wildman–Crippen LogP) is 8.89. The molecular weight excluding hydrogens is 741 g/mol. The Morgan fingerprint density at radius 2 is 1.32 bits per heavy atom. The Morgan fingerprint density at radius 3 is 1.85 bits per heavy atom. The van der Waals surface area contributed by atoms with Crippen LogP contribution in [0.2, 0.25) is 0 Å². The summed E-state index contributed by atoms with van der Waals surface area (Å²) in [5, 5.41) is 51.2. The lowest BCUT2D eigenvalue weighted by atomic mass is 9.67. The molecule has 59 heavy (non-hydrogen) atoms. The van der Waals surface area contributed by atoms with Crippen molar-refractivity contribution in [1.29, 1.82) is 0 Å². The molecule has 0 spiro atoms. The van der Waals surface area contributed by atoms with Crippen molar-refractivity contribution in [2.45, 2.75) is 144 Å². The summed E-state index contributed by atoms with van der Waals surface area (Å²) in [7, 11) is 0. The molecule has 8 atom stereocenters. The molecule has 0 aromatic rings. The van der Waals surface area contributed by atoms with Crippen LogP contribution in [0.3, 0.4) is 0 Å². The van der Waals surface area contributed by atoms with Gasteiger partial charge in [-0.25, -0.2) is 0 Å². The lowest BCUT2D eigenvalue weighted by molar-refractivity contribution is -0.309. The molecule has 1 aliphatic heterocycles. The van der Waals surface area contributed by atoms with E-state index >= 15 is 0 Å². The Kier molecular flexibility index (Phi) is 17.6. The first-order chi connectivity index (χ1) is 27.9. The quantitative estimate of drug-likeness (QED) is 0.110. The standard InChI is InChI=1S/C51H70O8/c1-31(2)40-28-42(53)46(54)36(7)39(40)26-24-34(5)20-13-18-32(3)16-11-12-17-33(4)19-14-21-35(6)25-27-41-37(8)45(38-22-15-23-38)43(29-51(41,9)10)58-50-49(57)48(56)47(55)44(30-52)59-50/h11-14,16-21,24-27,31,40,42-44,47-50,52-53,55-57H,15,22-23,28-30H2,1-10H3/b12-11+,18-13+,19-14+,26-24+,27-25+,32-16+,33-17+,34-20+,35-21+/t40?,42?,43?,44?,47-,48+,49?,50-/m1/s1. The van der Waals surface area contributed by atoms with Gasteiger partial charge in [0.1, 0.15) is 30.5 Å². The Bertz CT molecular complexity index is 1890. The molecule has 5 N–H and O–H groups in total. The number of ketones is 1. The van der Waals surface area contributed by atoms with Gasteiger partial charge < -0.3 is 35.0 Å². The van der Waals surface area contributed by atoms with E-state index < -0.39 is 43.4 Å². The molecule has 8 heteroatoms. The van der Waals surface area contributed by atoms with Gasteiger partial charge >= 0.3 is 0 Å². The number of hydrogen-bond acceptors (Lipinski definition) is 8. The summed E-state index contributed by atoms with van der Waals surface area (Å²) >= 11 is 0. The van der Waals surface area contributed by atoms with Crippen LogP contribution in [-0.2, 0) is 14.3 Å². The number of rotatable bonds is 14. The van der Waals surface area contributed by atoms with E-state index in [1.54, 1.807) is 0 Å². The number of carbonyl (C=O) groups is 1. The van der Waals surface area contributed by atoms with Crippen LogP contribution in [0, 0.1) is 17.3 Å². The molecule has 0 aromatic carbocycles. The van der Waals surface area contributed by atoms with Gasteiger partial charge in [0.2, 0.25) is 0 Å². The fraction of sp³-hybridized carbons (Fsp3) is 0.510. The largest absolute Gasteiger partial charge is 0.394 e. The normalized spacial score (nSPS) is 30.9. The minimum atomic E-state index is -1.48. The summed E-state index contributed by atoms with van der Waals surface area (Å²) in [5.74, 6) is 0.341. The SMILES string of the molecule is CC1=C(/C=C/C(C)=C/C=C/C(C)=C/C=C/C=C(C)/C=C/C=C(C)/C=C/C2=C(C)C(=C3CCC3)C(O[C@@H]3OC(CO)[C@@H](O)[C@H](O)C3O)CC2(C)C)C(C(C)C)CC(O)C1=O. The third-order valence-corrected chi connectivity index (χ3v) is 12.1. The van der Waals surface area contributed by atoms with Crippen LogP contribution in [0.1, 0.15) is 101 Å². The zero-order valence-corrected chi connectivity index (χ0v) is 37.0. The molecular formula is C51H70O8. The molecule has 1 saturated heterocycles. The van der Waals surface area contributed by atoms with Crippen molar-refractivity contribution in [3.05, 3.63) is 141 Å². The fourth-order valence-electron chi connectivity index (χ4n) is 8.29. The van der Waals surface area contributed by atoms with Crippen LogP contribution in [0.4, 0.5) is 0 Å². The Hall–Kier alpha value is -3.73. The van der Waals surface area contributed by atoms with Crippen LogP contribution in [-0.4, -0.2) is 80.8 Å². The Morgan fingerprint density at radius 1 is 0.780 bits per heavy atom. The molecule has 5 unspecified atom stereocenters. The van der Waals surface area contributed by atoms with E-state index in [9.17, 15) is 30.3 Å². The van der Waals surface area contributed by atoms with E-state index in [-0.39, 0.29) is 23.2 Å². The van der Waals surface area contributed by atoms with E-state index in [2.05, 4.69) is 110 Å². The van der Waals surface area contributed by atoms with Crippen LogP contribution in [0.15, 0.2) is 141 Å². The average molecular weight is 811 g/mol. The number of hydrogen-bond donors (Lipinski definition) is 5. The molecule has 4 rings (SSSR count). The molecule has 0 amide bonds. The molecule has 3 aliphatic carbocycles. The third kappa shape index (κ3) is 12.6. The van der Waals surface area contributed by atoms with E-state index in [4.69, 9.17) is 9.47 Å². The minimum absolute atomic E-state index is 0.165. The van der Waals surface area contributed by atoms with Gasteiger partial charge in [0.25, 0.3) is 0 Å². The first-order valence-corrected chi connectivity index (χ1v) is 21.3. The Balaban J connectivity index is 1.36. The monoisotopic (exact) mass is 811 g/mol. The summed E-state index contributed by atoms with van der Waals surface area (Å²) < 4.78 is 12.1. The number of Topliss-reactive ketones (excluding diaryl/α,β-unsaturated/α-hetero) is 1. The first-order valence-electron chi connectivity index (χ1n) is 21.3. The fourth-order valence-corrected chi connectivity index (χ4v) is 8.29. The molecule has 8 nitrogen and oxygen atoms in total. The summed E-state index contributed by atoms with van der Waals surface area (Å²) in [6, 6.07) is 0. The number of carbonyl (C=O) groups excluding carboxylic acids is 1. The van der Waals surface area contributed by atoms with Gasteiger partial charge in [-0.15, -0.1) is 0 Å². The second-order valence-corrected chi connectivity index (χ2v) is 17.8. The summed E-state index contributed by atoms with van der Waals surface area (Å²) in [6.45, 7) is 20.4. The van der Waals surface area contributed by atoms with Crippen molar-refractivity contribution < 1.29 is 39.8 Å². The topological polar surface area (TPSA) is 137 Å². The van der Waals surface area contributed by atoms with Crippen LogP contribution < -0.4 is 0 Å². The molecule has 1 heterocycles. The van der Waals surface area contributed by atoms with Crippen molar-refractivity contribution in [2.75, 3.05) is 6.61 Å². The van der Waals surface area contributed by atoms with E-state index in [0.29, 0.717) is 24.3 Å². The maximum atomic E-state index is 12.4. The van der Waals surface area contributed by atoms with E-state index in [0.717, 1.165) is 58.3 Å². The summed E-state index contributed by atoms with van der Waals surface area (Å²) in [4.78, 5) is 12.4. The highest BCUT2D eigenvalue weighted by molar-refractivity contribution is 6.00. The molecule has 4 aliphatic rings. The molecule has 0 radical (unpaired) electrons. The summed E-state index contributed by atoms with van der Waals surface area (Å²) in [5.41, 5.74) is 10.7. The number of aliphatic hydroxyl groups excluding tert-OH is 5. The molecule has 0 aromatic heterocycles.